The van der Waals surface area contributed by atoms with Gasteiger partial charge in [-0.3, -0.25) is 4.79 Å². The zero-order valence-electron chi connectivity index (χ0n) is 13.9. The Morgan fingerprint density at radius 1 is 1.09 bits per heavy atom. The highest BCUT2D eigenvalue weighted by Gasteiger charge is 2.35. The molecule has 1 N–H and O–H groups in total. The number of hydrogen-bond donors (Lipinski definition) is 1. The van der Waals surface area contributed by atoms with Gasteiger partial charge in [0, 0.05) is 24.7 Å². The molecule has 3 fully saturated rings. The van der Waals surface area contributed by atoms with Crippen LogP contribution < -0.4 is 19.5 Å². The van der Waals surface area contributed by atoms with Crippen molar-refractivity contribution in [1.82, 2.24) is 10.2 Å². The third-order valence-electron chi connectivity index (χ3n) is 4.91. The van der Waals surface area contributed by atoms with E-state index in [9.17, 15) is 4.79 Å². The molecular formula is C17H24N2O4. The van der Waals surface area contributed by atoms with Crippen molar-refractivity contribution >= 4 is 5.91 Å². The van der Waals surface area contributed by atoms with Crippen LogP contribution in [0.1, 0.15) is 23.2 Å². The SMILES string of the molecule is COc1cc(OC)c(C(=O)N[C@@H]2CN3CCC2CC3)c(OC)c1. The lowest BCUT2D eigenvalue weighted by Gasteiger charge is -2.45. The predicted octanol–water partition coefficient (Wildman–Crippen LogP) is 1.54. The minimum atomic E-state index is -0.153. The van der Waals surface area contributed by atoms with Gasteiger partial charge in [0.25, 0.3) is 5.91 Å². The average molecular weight is 320 g/mol. The smallest absolute Gasteiger partial charge is 0.259 e. The average Bonchev–Trinajstić information content (AvgIpc) is 2.61. The van der Waals surface area contributed by atoms with Crippen LogP contribution in [0.15, 0.2) is 12.1 Å². The third-order valence-corrected chi connectivity index (χ3v) is 4.91. The Bertz CT molecular complexity index is 557. The number of piperidine rings is 3. The lowest BCUT2D eigenvalue weighted by Crippen LogP contribution is -2.57. The van der Waals surface area contributed by atoms with Crippen LogP contribution in [0, 0.1) is 5.92 Å². The van der Waals surface area contributed by atoms with Crippen molar-refractivity contribution in [1.29, 1.82) is 0 Å². The Labute approximate surface area is 136 Å². The fourth-order valence-corrected chi connectivity index (χ4v) is 3.60. The van der Waals surface area contributed by atoms with Gasteiger partial charge in [0.05, 0.1) is 21.3 Å². The normalized spacial score (nSPS) is 25.8. The molecule has 3 saturated heterocycles. The molecule has 3 aliphatic rings. The second kappa shape index (κ2) is 6.66. The molecule has 0 radical (unpaired) electrons. The molecule has 3 heterocycles. The van der Waals surface area contributed by atoms with Gasteiger partial charge in [-0.15, -0.1) is 0 Å². The minimum absolute atomic E-state index is 0.153. The van der Waals surface area contributed by atoms with Crippen LogP contribution in [0.5, 0.6) is 17.2 Å². The first-order valence-corrected chi connectivity index (χ1v) is 7.99. The van der Waals surface area contributed by atoms with Gasteiger partial charge < -0.3 is 24.4 Å². The molecule has 1 aromatic rings. The summed E-state index contributed by atoms with van der Waals surface area (Å²) in [6.07, 6.45) is 2.31. The van der Waals surface area contributed by atoms with Gasteiger partial charge in [-0.1, -0.05) is 0 Å². The maximum Gasteiger partial charge on any atom is 0.259 e. The van der Waals surface area contributed by atoms with Crippen molar-refractivity contribution in [3.63, 3.8) is 0 Å². The van der Waals surface area contributed by atoms with E-state index in [0.717, 1.165) is 32.5 Å². The highest BCUT2D eigenvalue weighted by atomic mass is 16.5. The molecule has 1 amide bonds. The number of rotatable bonds is 5. The zero-order valence-corrected chi connectivity index (χ0v) is 13.9. The van der Waals surface area contributed by atoms with E-state index < -0.39 is 0 Å². The molecule has 4 rings (SSSR count). The molecule has 1 atom stereocenters. The number of amides is 1. The zero-order chi connectivity index (χ0) is 16.4. The molecule has 0 aromatic heterocycles. The second-order valence-corrected chi connectivity index (χ2v) is 6.12. The van der Waals surface area contributed by atoms with E-state index in [1.54, 1.807) is 33.5 Å². The molecule has 0 aliphatic carbocycles. The lowest BCUT2D eigenvalue weighted by atomic mass is 9.84. The Hall–Kier alpha value is -1.95. The number of fused-ring (bicyclic) bond motifs is 3. The molecule has 1 aromatic carbocycles. The van der Waals surface area contributed by atoms with Gasteiger partial charge in [0.2, 0.25) is 0 Å². The quantitative estimate of drug-likeness (QED) is 0.892. The number of ether oxygens (including phenoxy) is 3. The summed E-state index contributed by atoms with van der Waals surface area (Å²) in [7, 11) is 4.65. The van der Waals surface area contributed by atoms with Crippen LogP contribution in [-0.4, -0.2) is 57.8 Å². The molecular weight excluding hydrogens is 296 g/mol. The summed E-state index contributed by atoms with van der Waals surface area (Å²) in [5.74, 6) is 1.93. The Morgan fingerprint density at radius 2 is 1.70 bits per heavy atom. The van der Waals surface area contributed by atoms with E-state index in [1.807, 2.05) is 0 Å². The summed E-state index contributed by atoms with van der Waals surface area (Å²) < 4.78 is 16.0. The summed E-state index contributed by atoms with van der Waals surface area (Å²) in [5, 5.41) is 3.17. The number of carbonyl (C=O) groups is 1. The molecule has 6 heteroatoms. The van der Waals surface area contributed by atoms with Crippen LogP contribution in [0.2, 0.25) is 0 Å². The van der Waals surface area contributed by atoms with Crippen LogP contribution in [-0.2, 0) is 0 Å². The summed E-state index contributed by atoms with van der Waals surface area (Å²) in [5.41, 5.74) is 0.423. The number of benzene rings is 1. The largest absolute Gasteiger partial charge is 0.496 e. The van der Waals surface area contributed by atoms with Crippen molar-refractivity contribution in [3.05, 3.63) is 17.7 Å². The number of hydrogen-bond acceptors (Lipinski definition) is 5. The number of nitrogens with zero attached hydrogens (tertiary/aromatic N) is 1. The molecule has 0 spiro atoms. The number of methoxy groups -OCH3 is 3. The monoisotopic (exact) mass is 320 g/mol. The molecule has 0 saturated carbocycles. The second-order valence-electron chi connectivity index (χ2n) is 6.12. The topological polar surface area (TPSA) is 60.0 Å². The highest BCUT2D eigenvalue weighted by Crippen LogP contribution is 2.35. The van der Waals surface area contributed by atoms with Gasteiger partial charge in [-0.2, -0.15) is 0 Å². The highest BCUT2D eigenvalue weighted by molar-refractivity contribution is 6.00. The van der Waals surface area contributed by atoms with Gasteiger partial charge in [0.15, 0.2) is 0 Å². The molecule has 126 valence electrons. The van der Waals surface area contributed by atoms with Crippen LogP contribution in [0.25, 0.3) is 0 Å². The van der Waals surface area contributed by atoms with Crippen LogP contribution in [0.4, 0.5) is 0 Å². The number of nitrogens with one attached hydrogen (secondary N) is 1. The molecule has 0 unspecified atom stereocenters. The summed E-state index contributed by atoms with van der Waals surface area (Å²) in [6.45, 7) is 3.22. The van der Waals surface area contributed by atoms with Gasteiger partial charge >= 0.3 is 0 Å². The first-order chi connectivity index (χ1) is 11.2. The molecule has 3 aliphatic heterocycles. The van der Waals surface area contributed by atoms with Crippen LogP contribution in [0.3, 0.4) is 0 Å². The van der Waals surface area contributed by atoms with E-state index in [2.05, 4.69) is 10.2 Å². The molecule has 6 nitrogen and oxygen atoms in total. The minimum Gasteiger partial charge on any atom is -0.496 e. The van der Waals surface area contributed by atoms with Crippen molar-refractivity contribution in [2.45, 2.75) is 18.9 Å². The fourth-order valence-electron chi connectivity index (χ4n) is 3.60. The molecule has 23 heavy (non-hydrogen) atoms. The third kappa shape index (κ3) is 3.08. The van der Waals surface area contributed by atoms with Crippen molar-refractivity contribution in [3.8, 4) is 17.2 Å². The predicted molar refractivity (Wildman–Crippen MR) is 86.5 cm³/mol. The van der Waals surface area contributed by atoms with Crippen molar-refractivity contribution in [2.24, 2.45) is 5.92 Å². The van der Waals surface area contributed by atoms with Gasteiger partial charge in [-0.05, 0) is 31.8 Å². The molecule has 2 bridgehead atoms. The Balaban J connectivity index is 1.84. The lowest BCUT2D eigenvalue weighted by molar-refractivity contribution is 0.0617. The van der Waals surface area contributed by atoms with Gasteiger partial charge in [-0.25, -0.2) is 0 Å². The fraction of sp³-hybridized carbons (Fsp3) is 0.588. The van der Waals surface area contributed by atoms with E-state index in [4.69, 9.17) is 14.2 Å². The summed E-state index contributed by atoms with van der Waals surface area (Å²) >= 11 is 0. The van der Waals surface area contributed by atoms with Crippen molar-refractivity contribution in [2.75, 3.05) is 41.0 Å². The maximum absolute atomic E-state index is 12.8. The Kier molecular flexibility index (Phi) is 4.61. The summed E-state index contributed by atoms with van der Waals surface area (Å²) in [4.78, 5) is 15.2. The van der Waals surface area contributed by atoms with E-state index >= 15 is 0 Å². The van der Waals surface area contributed by atoms with E-state index in [-0.39, 0.29) is 11.9 Å². The van der Waals surface area contributed by atoms with Crippen LogP contribution >= 0.6 is 0 Å². The first-order valence-electron chi connectivity index (χ1n) is 7.99. The first kappa shape index (κ1) is 15.9. The van der Waals surface area contributed by atoms with Crippen molar-refractivity contribution < 1.29 is 19.0 Å². The number of carbonyl (C=O) groups excluding carboxylic acids is 1. The van der Waals surface area contributed by atoms with E-state index in [1.165, 1.54) is 0 Å². The Morgan fingerprint density at radius 3 is 2.13 bits per heavy atom. The standard InChI is InChI=1S/C17H24N2O4/c1-21-12-8-14(22-2)16(15(9-12)23-3)17(20)18-13-10-19-6-4-11(13)5-7-19/h8-9,11,13H,4-7,10H2,1-3H3,(H,18,20)/t13-/m1/s1. The van der Waals surface area contributed by atoms with E-state index in [0.29, 0.717) is 28.7 Å². The summed E-state index contributed by atoms with van der Waals surface area (Å²) in [6, 6.07) is 3.60. The maximum atomic E-state index is 12.8. The van der Waals surface area contributed by atoms with Gasteiger partial charge in [0.1, 0.15) is 22.8 Å².